The maximum Gasteiger partial charge on any atom is 0.263 e. The fraction of sp³-hybridized carbons (Fsp3) is 0.400. The maximum absolute atomic E-state index is 12.3. The second-order valence-electron chi connectivity index (χ2n) is 5.06. The number of nitrogens with one attached hydrogen (secondary N) is 1. The van der Waals surface area contributed by atoms with Crippen LogP contribution in [0.2, 0.25) is 5.02 Å². The summed E-state index contributed by atoms with van der Waals surface area (Å²) in [6.45, 7) is 0. The Morgan fingerprint density at radius 1 is 1.40 bits per heavy atom. The van der Waals surface area contributed by atoms with E-state index in [-0.39, 0.29) is 5.91 Å². The van der Waals surface area contributed by atoms with Crippen LogP contribution in [0.4, 0.5) is 0 Å². The number of amides is 1. The molecule has 0 spiro atoms. The summed E-state index contributed by atoms with van der Waals surface area (Å²) in [6.07, 6.45) is 4.54. The van der Waals surface area contributed by atoms with Gasteiger partial charge in [0.05, 0.1) is 12.1 Å². The summed E-state index contributed by atoms with van der Waals surface area (Å²) in [5.41, 5.74) is 0. The first kappa shape index (κ1) is 13.7. The fourth-order valence-corrected chi connectivity index (χ4v) is 4.03. The van der Waals surface area contributed by atoms with Gasteiger partial charge in [-0.05, 0) is 31.0 Å². The summed E-state index contributed by atoms with van der Waals surface area (Å²) in [6, 6.07) is 6.00. The van der Waals surface area contributed by atoms with Crippen LogP contribution in [0, 0.1) is 0 Å². The van der Waals surface area contributed by atoms with Gasteiger partial charge >= 0.3 is 0 Å². The van der Waals surface area contributed by atoms with Crippen LogP contribution in [0.15, 0.2) is 18.2 Å². The van der Waals surface area contributed by atoms with Crippen LogP contribution >= 0.6 is 22.9 Å². The molecule has 20 heavy (non-hydrogen) atoms. The Kier molecular flexibility index (Phi) is 3.85. The van der Waals surface area contributed by atoms with Crippen molar-refractivity contribution in [2.45, 2.75) is 31.7 Å². The van der Waals surface area contributed by atoms with Gasteiger partial charge in [-0.2, -0.15) is 0 Å². The summed E-state index contributed by atoms with van der Waals surface area (Å²) < 4.78 is 6.21. The average Bonchev–Trinajstić information content (AvgIpc) is 3.07. The molecule has 0 radical (unpaired) electrons. The lowest BCUT2D eigenvalue weighted by atomic mass is 10.2. The standard InChI is InChI=1S/C15H16ClNO2S/c1-19-10-6-7-12-11(8-10)13(16)14(20-12)15(18)17-9-4-2-3-5-9/h6-9H,2-5H2,1H3,(H,17,18). The highest BCUT2D eigenvalue weighted by molar-refractivity contribution is 7.21. The van der Waals surface area contributed by atoms with Crippen molar-refractivity contribution in [3.63, 3.8) is 0 Å². The van der Waals surface area contributed by atoms with Crippen molar-refractivity contribution in [2.24, 2.45) is 0 Å². The summed E-state index contributed by atoms with van der Waals surface area (Å²) in [7, 11) is 1.62. The molecular formula is C15H16ClNO2S. The number of halogens is 1. The van der Waals surface area contributed by atoms with Crippen LogP contribution in [0.25, 0.3) is 10.1 Å². The van der Waals surface area contributed by atoms with Crippen molar-refractivity contribution in [2.75, 3.05) is 7.11 Å². The van der Waals surface area contributed by atoms with Gasteiger partial charge in [-0.1, -0.05) is 24.4 Å². The molecule has 1 heterocycles. The Hall–Kier alpha value is -1.26. The lowest BCUT2D eigenvalue weighted by molar-refractivity contribution is 0.0942. The van der Waals surface area contributed by atoms with Gasteiger partial charge in [-0.25, -0.2) is 0 Å². The highest BCUT2D eigenvalue weighted by Gasteiger charge is 2.22. The second-order valence-corrected chi connectivity index (χ2v) is 6.49. The molecule has 1 N–H and O–H groups in total. The van der Waals surface area contributed by atoms with Gasteiger partial charge in [-0.3, -0.25) is 4.79 Å². The Labute approximate surface area is 126 Å². The first-order chi connectivity index (χ1) is 9.69. The first-order valence-corrected chi connectivity index (χ1v) is 7.95. The molecule has 0 saturated heterocycles. The fourth-order valence-electron chi connectivity index (χ4n) is 2.64. The Bertz CT molecular complexity index is 647. The number of hydrogen-bond acceptors (Lipinski definition) is 3. The minimum Gasteiger partial charge on any atom is -0.497 e. The van der Waals surface area contributed by atoms with Crippen molar-refractivity contribution in [3.05, 3.63) is 28.1 Å². The second kappa shape index (κ2) is 5.62. The summed E-state index contributed by atoms with van der Waals surface area (Å²) in [5.74, 6) is 0.696. The molecule has 106 valence electrons. The van der Waals surface area contributed by atoms with Crippen LogP contribution in [0.1, 0.15) is 35.4 Å². The molecule has 3 nitrogen and oxygen atoms in total. The third kappa shape index (κ3) is 2.50. The van der Waals surface area contributed by atoms with Crippen LogP contribution in [0.5, 0.6) is 5.75 Å². The largest absolute Gasteiger partial charge is 0.497 e. The van der Waals surface area contributed by atoms with Gasteiger partial charge in [0.2, 0.25) is 0 Å². The normalized spacial score (nSPS) is 15.7. The number of rotatable bonds is 3. The summed E-state index contributed by atoms with van der Waals surface area (Å²) >= 11 is 7.80. The minimum atomic E-state index is -0.0536. The number of fused-ring (bicyclic) bond motifs is 1. The monoisotopic (exact) mass is 309 g/mol. The quantitative estimate of drug-likeness (QED) is 0.921. The lowest BCUT2D eigenvalue weighted by Gasteiger charge is -2.10. The molecule has 1 aromatic carbocycles. The number of benzene rings is 1. The highest BCUT2D eigenvalue weighted by Crippen LogP contribution is 2.37. The number of hydrogen-bond donors (Lipinski definition) is 1. The van der Waals surface area contributed by atoms with E-state index in [1.807, 2.05) is 18.2 Å². The van der Waals surface area contributed by atoms with Crippen molar-refractivity contribution in [1.29, 1.82) is 0 Å². The van der Waals surface area contributed by atoms with E-state index in [2.05, 4.69) is 5.32 Å². The van der Waals surface area contributed by atoms with Crippen molar-refractivity contribution in [3.8, 4) is 5.75 Å². The molecular weight excluding hydrogens is 294 g/mol. The van der Waals surface area contributed by atoms with Crippen molar-refractivity contribution < 1.29 is 9.53 Å². The molecule has 0 atom stereocenters. The van der Waals surface area contributed by atoms with Crippen LogP contribution in [-0.4, -0.2) is 19.1 Å². The van der Waals surface area contributed by atoms with Crippen molar-refractivity contribution in [1.82, 2.24) is 5.32 Å². The number of carbonyl (C=O) groups excluding carboxylic acids is 1. The number of ether oxygens (including phenoxy) is 1. The zero-order chi connectivity index (χ0) is 14.1. The smallest absolute Gasteiger partial charge is 0.263 e. The lowest BCUT2D eigenvalue weighted by Crippen LogP contribution is -2.32. The van der Waals surface area contributed by atoms with Crippen molar-refractivity contribution >= 4 is 38.9 Å². The number of thiophene rings is 1. The van der Waals surface area contributed by atoms with E-state index in [1.165, 1.54) is 24.2 Å². The zero-order valence-electron chi connectivity index (χ0n) is 11.2. The van der Waals surface area contributed by atoms with E-state index in [0.717, 1.165) is 28.7 Å². The van der Waals surface area contributed by atoms with E-state index in [0.29, 0.717) is 15.9 Å². The number of methoxy groups -OCH3 is 1. The molecule has 1 aromatic heterocycles. The Balaban J connectivity index is 1.90. The van der Waals surface area contributed by atoms with E-state index in [1.54, 1.807) is 7.11 Å². The predicted molar refractivity (Wildman–Crippen MR) is 83.1 cm³/mol. The molecule has 1 amide bonds. The summed E-state index contributed by atoms with van der Waals surface area (Å²) in [5, 5.41) is 4.49. The Morgan fingerprint density at radius 3 is 2.85 bits per heavy atom. The SMILES string of the molecule is COc1ccc2sc(C(=O)NC3CCCC3)c(Cl)c2c1. The van der Waals surface area contributed by atoms with E-state index >= 15 is 0 Å². The molecule has 1 aliphatic carbocycles. The van der Waals surface area contributed by atoms with Gasteiger partial charge < -0.3 is 10.1 Å². The average molecular weight is 310 g/mol. The molecule has 1 saturated carbocycles. The third-order valence-corrected chi connectivity index (χ3v) is 5.41. The van der Waals surface area contributed by atoms with Gasteiger partial charge in [0, 0.05) is 16.1 Å². The van der Waals surface area contributed by atoms with Gasteiger partial charge in [0.1, 0.15) is 10.6 Å². The third-order valence-electron chi connectivity index (χ3n) is 3.73. The molecule has 0 unspecified atom stereocenters. The minimum absolute atomic E-state index is 0.0536. The maximum atomic E-state index is 12.3. The molecule has 2 aromatic rings. The summed E-state index contributed by atoms with van der Waals surface area (Å²) in [4.78, 5) is 12.9. The molecule has 3 rings (SSSR count). The van der Waals surface area contributed by atoms with E-state index < -0.39 is 0 Å². The van der Waals surface area contributed by atoms with Crippen LogP contribution < -0.4 is 10.1 Å². The zero-order valence-corrected chi connectivity index (χ0v) is 12.8. The highest BCUT2D eigenvalue weighted by atomic mass is 35.5. The van der Waals surface area contributed by atoms with E-state index in [4.69, 9.17) is 16.3 Å². The Morgan fingerprint density at radius 2 is 2.15 bits per heavy atom. The molecule has 5 heteroatoms. The van der Waals surface area contributed by atoms with Crippen LogP contribution in [-0.2, 0) is 0 Å². The van der Waals surface area contributed by atoms with Gasteiger partial charge in [0.15, 0.2) is 0 Å². The number of carbonyl (C=O) groups is 1. The van der Waals surface area contributed by atoms with Gasteiger partial charge in [0.25, 0.3) is 5.91 Å². The predicted octanol–water partition coefficient (Wildman–Crippen LogP) is 4.24. The molecule has 0 aliphatic heterocycles. The molecule has 0 bridgehead atoms. The topological polar surface area (TPSA) is 38.3 Å². The van der Waals surface area contributed by atoms with E-state index in [9.17, 15) is 4.79 Å². The first-order valence-electron chi connectivity index (χ1n) is 6.76. The van der Waals surface area contributed by atoms with Gasteiger partial charge in [-0.15, -0.1) is 11.3 Å². The molecule has 1 aliphatic rings. The molecule has 1 fully saturated rings. The van der Waals surface area contributed by atoms with Crippen LogP contribution in [0.3, 0.4) is 0 Å².